The number of benzene rings is 1. The van der Waals surface area contributed by atoms with Crippen molar-refractivity contribution < 1.29 is 19.1 Å². The van der Waals surface area contributed by atoms with Gasteiger partial charge in [-0.1, -0.05) is 52.4 Å². The van der Waals surface area contributed by atoms with Crippen LogP contribution in [-0.2, 0) is 19.1 Å². The minimum absolute atomic E-state index is 0.569. The standard InChI is InChI=1S/C14H15IO4/c1-9-4-6-10(7-5-9)11(8-15)12(13(16)18-2)14(17)19-3/h4-8,12H,1-3H3/b11-8+. The Morgan fingerprint density at radius 2 is 1.58 bits per heavy atom. The van der Waals surface area contributed by atoms with Crippen LogP contribution in [0.1, 0.15) is 11.1 Å². The van der Waals surface area contributed by atoms with E-state index in [2.05, 4.69) is 9.47 Å². The Hall–Kier alpha value is -1.37. The summed E-state index contributed by atoms with van der Waals surface area (Å²) in [4.78, 5) is 23.6. The van der Waals surface area contributed by atoms with Crippen LogP contribution < -0.4 is 0 Å². The van der Waals surface area contributed by atoms with Crippen LogP contribution in [0.25, 0.3) is 5.57 Å². The summed E-state index contributed by atoms with van der Waals surface area (Å²) in [7, 11) is 2.50. The van der Waals surface area contributed by atoms with Gasteiger partial charge < -0.3 is 9.47 Å². The van der Waals surface area contributed by atoms with E-state index in [0.29, 0.717) is 5.57 Å². The molecule has 1 aromatic rings. The molecule has 0 fully saturated rings. The molecule has 0 saturated carbocycles. The van der Waals surface area contributed by atoms with Crippen LogP contribution in [0, 0.1) is 12.8 Å². The van der Waals surface area contributed by atoms with Crippen molar-refractivity contribution in [1.82, 2.24) is 0 Å². The van der Waals surface area contributed by atoms with Gasteiger partial charge in [0, 0.05) is 0 Å². The summed E-state index contributed by atoms with van der Waals surface area (Å²) in [6.45, 7) is 1.97. The van der Waals surface area contributed by atoms with Crippen LogP contribution >= 0.6 is 22.6 Å². The molecule has 1 aromatic carbocycles. The second-order valence-electron chi connectivity index (χ2n) is 3.91. The average Bonchev–Trinajstić information content (AvgIpc) is 2.44. The Morgan fingerprint density at radius 1 is 1.11 bits per heavy atom. The number of aryl methyl sites for hydroxylation is 1. The first kappa shape index (κ1) is 15.7. The summed E-state index contributed by atoms with van der Waals surface area (Å²) >= 11 is 2.00. The molecule has 0 amide bonds. The fourth-order valence-corrected chi connectivity index (χ4v) is 2.34. The predicted molar refractivity (Wildman–Crippen MR) is 80.7 cm³/mol. The van der Waals surface area contributed by atoms with Crippen molar-refractivity contribution >= 4 is 40.1 Å². The average molecular weight is 374 g/mol. The monoisotopic (exact) mass is 374 g/mol. The zero-order chi connectivity index (χ0) is 14.4. The highest BCUT2D eigenvalue weighted by Gasteiger charge is 2.33. The molecule has 19 heavy (non-hydrogen) atoms. The first-order chi connectivity index (χ1) is 9.04. The van der Waals surface area contributed by atoms with Crippen molar-refractivity contribution in [2.24, 2.45) is 5.92 Å². The Labute approximate surface area is 125 Å². The largest absolute Gasteiger partial charge is 0.468 e. The first-order valence-electron chi connectivity index (χ1n) is 5.58. The molecule has 0 bridgehead atoms. The van der Waals surface area contributed by atoms with Crippen LogP contribution in [0.4, 0.5) is 0 Å². The van der Waals surface area contributed by atoms with Gasteiger partial charge in [0.05, 0.1) is 14.2 Å². The van der Waals surface area contributed by atoms with E-state index in [9.17, 15) is 9.59 Å². The molecule has 0 radical (unpaired) electrons. The van der Waals surface area contributed by atoms with E-state index in [1.807, 2.05) is 53.8 Å². The maximum atomic E-state index is 11.8. The molecule has 0 aromatic heterocycles. The van der Waals surface area contributed by atoms with Crippen molar-refractivity contribution in [2.75, 3.05) is 14.2 Å². The second-order valence-corrected chi connectivity index (χ2v) is 4.53. The van der Waals surface area contributed by atoms with E-state index < -0.39 is 17.9 Å². The van der Waals surface area contributed by atoms with Crippen LogP contribution in [0.3, 0.4) is 0 Å². The summed E-state index contributed by atoms with van der Waals surface area (Å²) < 4.78 is 11.1. The van der Waals surface area contributed by atoms with Crippen LogP contribution in [0.2, 0.25) is 0 Å². The smallest absolute Gasteiger partial charge is 0.324 e. The molecule has 0 aliphatic heterocycles. The van der Waals surface area contributed by atoms with Gasteiger partial charge in [-0.2, -0.15) is 0 Å². The predicted octanol–water partition coefficient (Wildman–Crippen LogP) is 2.73. The molecule has 4 nitrogen and oxygen atoms in total. The molecule has 0 saturated heterocycles. The molecule has 0 N–H and O–H groups in total. The van der Waals surface area contributed by atoms with E-state index in [4.69, 9.17) is 0 Å². The molecule has 0 spiro atoms. The van der Waals surface area contributed by atoms with E-state index in [1.54, 1.807) is 4.08 Å². The third kappa shape index (κ3) is 3.79. The number of ether oxygens (including phenoxy) is 2. The number of methoxy groups -OCH3 is 2. The van der Waals surface area contributed by atoms with Gasteiger partial charge in [-0.05, 0) is 22.1 Å². The topological polar surface area (TPSA) is 52.6 Å². The normalized spacial score (nSPS) is 11.3. The highest BCUT2D eigenvalue weighted by atomic mass is 127. The fourth-order valence-electron chi connectivity index (χ4n) is 1.62. The van der Waals surface area contributed by atoms with Gasteiger partial charge in [0.1, 0.15) is 0 Å². The van der Waals surface area contributed by atoms with Crippen molar-refractivity contribution in [2.45, 2.75) is 6.92 Å². The second kappa shape index (κ2) is 7.28. The van der Waals surface area contributed by atoms with Crippen molar-refractivity contribution in [3.05, 3.63) is 39.5 Å². The molecule has 1 rings (SSSR count). The number of carbonyl (C=O) groups excluding carboxylic acids is 2. The molecule has 102 valence electrons. The third-order valence-electron chi connectivity index (χ3n) is 2.69. The molecular weight excluding hydrogens is 359 g/mol. The quantitative estimate of drug-likeness (QED) is 0.462. The van der Waals surface area contributed by atoms with Crippen molar-refractivity contribution in [1.29, 1.82) is 0 Å². The van der Waals surface area contributed by atoms with Gasteiger partial charge in [0.15, 0.2) is 5.92 Å². The lowest BCUT2D eigenvalue weighted by Crippen LogP contribution is -2.27. The maximum Gasteiger partial charge on any atom is 0.324 e. The first-order valence-corrected chi connectivity index (χ1v) is 6.82. The summed E-state index contributed by atoms with van der Waals surface area (Å²) in [5.74, 6) is -2.32. The van der Waals surface area contributed by atoms with Gasteiger partial charge in [-0.3, -0.25) is 9.59 Å². The Bertz CT molecular complexity index is 475. The van der Waals surface area contributed by atoms with Crippen molar-refractivity contribution in [3.63, 3.8) is 0 Å². The summed E-state index contributed by atoms with van der Waals surface area (Å²) in [6, 6.07) is 7.56. The maximum absolute atomic E-state index is 11.8. The van der Waals surface area contributed by atoms with Crippen LogP contribution in [0.5, 0.6) is 0 Å². The lowest BCUT2D eigenvalue weighted by atomic mass is 9.93. The number of halogens is 1. The zero-order valence-electron chi connectivity index (χ0n) is 11.0. The van der Waals surface area contributed by atoms with E-state index in [0.717, 1.165) is 11.1 Å². The number of hydrogen-bond acceptors (Lipinski definition) is 4. The summed E-state index contributed by atoms with van der Waals surface area (Å²) in [6.07, 6.45) is 0. The molecule has 0 unspecified atom stereocenters. The van der Waals surface area contributed by atoms with Crippen LogP contribution in [-0.4, -0.2) is 26.2 Å². The number of rotatable bonds is 4. The SMILES string of the molecule is COC(=O)C(C(=O)OC)/C(=C/I)c1ccc(C)cc1. The minimum atomic E-state index is -1.06. The van der Waals surface area contributed by atoms with E-state index in [1.165, 1.54) is 14.2 Å². The third-order valence-corrected chi connectivity index (χ3v) is 3.36. The number of esters is 2. The van der Waals surface area contributed by atoms with Gasteiger partial charge in [0.25, 0.3) is 0 Å². The van der Waals surface area contributed by atoms with E-state index >= 15 is 0 Å². The minimum Gasteiger partial charge on any atom is -0.468 e. The van der Waals surface area contributed by atoms with Crippen molar-refractivity contribution in [3.8, 4) is 0 Å². The van der Waals surface area contributed by atoms with Gasteiger partial charge >= 0.3 is 11.9 Å². The molecular formula is C14H15IO4. The Balaban J connectivity index is 3.21. The molecule has 0 aliphatic rings. The van der Waals surface area contributed by atoms with Gasteiger partial charge in [-0.25, -0.2) is 0 Å². The zero-order valence-corrected chi connectivity index (χ0v) is 13.1. The fraction of sp³-hybridized carbons (Fsp3) is 0.286. The summed E-state index contributed by atoms with van der Waals surface area (Å²) in [5.41, 5.74) is 2.46. The highest BCUT2D eigenvalue weighted by molar-refractivity contribution is 14.1. The van der Waals surface area contributed by atoms with Gasteiger partial charge in [-0.15, -0.1) is 0 Å². The molecule has 5 heteroatoms. The lowest BCUT2D eigenvalue weighted by molar-refractivity contribution is -0.155. The van der Waals surface area contributed by atoms with E-state index in [-0.39, 0.29) is 0 Å². The Kier molecular flexibility index (Phi) is 6.01. The van der Waals surface area contributed by atoms with Gasteiger partial charge in [0.2, 0.25) is 0 Å². The number of hydrogen-bond donors (Lipinski definition) is 0. The Morgan fingerprint density at radius 3 is 1.95 bits per heavy atom. The molecule has 0 heterocycles. The lowest BCUT2D eigenvalue weighted by Gasteiger charge is -2.16. The molecule has 0 aliphatic carbocycles. The highest BCUT2D eigenvalue weighted by Crippen LogP contribution is 2.27. The molecule has 0 atom stereocenters. The van der Waals surface area contributed by atoms with Crippen LogP contribution in [0.15, 0.2) is 28.3 Å². The number of carbonyl (C=O) groups is 2. The summed E-state index contributed by atoms with van der Waals surface area (Å²) in [5, 5.41) is 0.